The molecule has 0 bridgehead atoms. The van der Waals surface area contributed by atoms with Gasteiger partial charge in [-0.25, -0.2) is 9.69 Å². The highest BCUT2D eigenvalue weighted by Gasteiger charge is 2.27. The van der Waals surface area contributed by atoms with Crippen molar-refractivity contribution in [2.24, 2.45) is 4.99 Å². The van der Waals surface area contributed by atoms with Gasteiger partial charge in [-0.1, -0.05) is 54.6 Å². The Labute approximate surface area is 144 Å². The Morgan fingerprint density at radius 2 is 2.04 bits per heavy atom. The summed E-state index contributed by atoms with van der Waals surface area (Å²) in [6, 6.07) is 16.3. The minimum atomic E-state index is -0.251. The topological polar surface area (TPSA) is 44.7 Å². The van der Waals surface area contributed by atoms with Gasteiger partial charge in [0.25, 0.3) is 0 Å². The number of carbonyl (C=O) groups is 1. The van der Waals surface area contributed by atoms with E-state index in [0.717, 1.165) is 5.69 Å². The molecule has 118 valence electrons. The lowest BCUT2D eigenvalue weighted by Crippen LogP contribution is -2.38. The van der Waals surface area contributed by atoms with Crippen molar-refractivity contribution in [2.75, 3.05) is 16.8 Å². The Morgan fingerprint density at radius 3 is 2.70 bits per heavy atom. The van der Waals surface area contributed by atoms with E-state index in [0.29, 0.717) is 27.7 Å². The van der Waals surface area contributed by atoms with E-state index in [9.17, 15) is 4.79 Å². The second-order valence-corrected chi connectivity index (χ2v) is 7.01. The summed E-state index contributed by atoms with van der Waals surface area (Å²) in [4.78, 5) is 18.9. The lowest BCUT2D eigenvalue weighted by Gasteiger charge is -2.22. The van der Waals surface area contributed by atoms with Crippen LogP contribution in [0.3, 0.4) is 0 Å². The molecular formula is C17H16ClN3OS. The number of amides is 2. The van der Waals surface area contributed by atoms with Gasteiger partial charge in [0.15, 0.2) is 5.17 Å². The molecule has 2 amide bonds. The number of halogens is 1. The van der Waals surface area contributed by atoms with Crippen molar-refractivity contribution in [2.45, 2.75) is 12.2 Å². The van der Waals surface area contributed by atoms with Crippen molar-refractivity contribution in [1.29, 1.82) is 0 Å². The van der Waals surface area contributed by atoms with E-state index in [-0.39, 0.29) is 6.03 Å². The highest BCUT2D eigenvalue weighted by atomic mass is 35.5. The second-order valence-electron chi connectivity index (χ2n) is 5.16. The van der Waals surface area contributed by atoms with Crippen molar-refractivity contribution in [1.82, 2.24) is 0 Å². The summed E-state index contributed by atoms with van der Waals surface area (Å²) in [5, 5.41) is 4.54. The molecule has 3 rings (SSSR count). The number of nitrogens with zero attached hydrogens (tertiary/aromatic N) is 2. The van der Waals surface area contributed by atoms with Crippen LogP contribution in [0.4, 0.5) is 16.2 Å². The van der Waals surface area contributed by atoms with Gasteiger partial charge in [0.1, 0.15) is 0 Å². The summed E-state index contributed by atoms with van der Waals surface area (Å²) < 4.78 is 0. The summed E-state index contributed by atoms with van der Waals surface area (Å²) in [7, 11) is 0. The van der Waals surface area contributed by atoms with Crippen molar-refractivity contribution < 1.29 is 4.79 Å². The third kappa shape index (κ3) is 3.86. The molecule has 0 saturated carbocycles. The molecule has 4 nitrogen and oxygen atoms in total. The minimum absolute atomic E-state index is 0.251. The third-order valence-electron chi connectivity index (χ3n) is 3.27. The average Bonchev–Trinajstić information content (AvgIpc) is 2.94. The SMILES string of the molecule is C[C@H]1CN=C(N(C(=O)Nc2cccc(Cl)c2)c2ccccc2)S1. The standard InChI is InChI=1S/C17H16ClN3OS/c1-12-11-19-17(23-12)21(15-8-3-2-4-9-15)16(22)20-14-7-5-6-13(18)10-14/h2-10,12H,11H2,1H3,(H,20,22)/t12-/m0/s1. The van der Waals surface area contributed by atoms with Crippen LogP contribution in [0.2, 0.25) is 5.02 Å². The fourth-order valence-corrected chi connectivity index (χ4v) is 3.36. The van der Waals surface area contributed by atoms with Gasteiger partial charge in [-0.05, 0) is 30.3 Å². The molecule has 0 unspecified atom stereocenters. The minimum Gasteiger partial charge on any atom is -0.307 e. The smallest absolute Gasteiger partial charge is 0.307 e. The van der Waals surface area contributed by atoms with Crippen LogP contribution < -0.4 is 10.2 Å². The van der Waals surface area contributed by atoms with Gasteiger partial charge in [-0.2, -0.15) is 0 Å². The largest absolute Gasteiger partial charge is 0.332 e. The molecule has 1 aliphatic rings. The van der Waals surface area contributed by atoms with Crippen molar-refractivity contribution in [3.8, 4) is 0 Å². The van der Waals surface area contributed by atoms with Crippen LogP contribution in [0.15, 0.2) is 59.6 Å². The number of hydrogen-bond donors (Lipinski definition) is 1. The lowest BCUT2D eigenvalue weighted by atomic mass is 10.3. The molecule has 23 heavy (non-hydrogen) atoms. The number of carbonyl (C=O) groups excluding carboxylic acids is 1. The summed E-state index contributed by atoms with van der Waals surface area (Å²) >= 11 is 7.58. The molecule has 0 fully saturated rings. The molecule has 0 aliphatic carbocycles. The van der Waals surface area contributed by atoms with Crippen LogP contribution in [0.25, 0.3) is 0 Å². The fraction of sp³-hybridized carbons (Fsp3) is 0.176. The maximum Gasteiger partial charge on any atom is 0.332 e. The first-order chi connectivity index (χ1) is 11.1. The van der Waals surface area contributed by atoms with Crippen LogP contribution in [-0.2, 0) is 0 Å². The lowest BCUT2D eigenvalue weighted by molar-refractivity contribution is 0.259. The van der Waals surface area contributed by atoms with Crippen LogP contribution in [0.1, 0.15) is 6.92 Å². The van der Waals surface area contributed by atoms with Crippen LogP contribution >= 0.6 is 23.4 Å². The van der Waals surface area contributed by atoms with Crippen molar-refractivity contribution in [3.63, 3.8) is 0 Å². The quantitative estimate of drug-likeness (QED) is 0.843. The van der Waals surface area contributed by atoms with E-state index in [2.05, 4.69) is 17.2 Å². The molecule has 0 saturated heterocycles. The predicted octanol–water partition coefficient (Wildman–Crippen LogP) is 4.87. The molecular weight excluding hydrogens is 330 g/mol. The summed E-state index contributed by atoms with van der Waals surface area (Å²) in [5.74, 6) is 0. The number of aliphatic imine (C=N–C) groups is 1. The van der Waals surface area contributed by atoms with E-state index < -0.39 is 0 Å². The first-order valence-electron chi connectivity index (χ1n) is 7.26. The highest BCUT2D eigenvalue weighted by Crippen LogP contribution is 2.28. The van der Waals surface area contributed by atoms with Gasteiger partial charge >= 0.3 is 6.03 Å². The third-order valence-corrected chi connectivity index (χ3v) is 4.58. The van der Waals surface area contributed by atoms with E-state index in [1.165, 1.54) is 0 Å². The van der Waals surface area contributed by atoms with Crippen LogP contribution in [-0.4, -0.2) is 23.0 Å². The summed E-state index contributed by atoms with van der Waals surface area (Å²) in [6.45, 7) is 2.81. The number of hydrogen-bond acceptors (Lipinski definition) is 3. The first kappa shape index (κ1) is 15.9. The number of anilines is 2. The van der Waals surface area contributed by atoms with Crippen LogP contribution in [0, 0.1) is 0 Å². The molecule has 6 heteroatoms. The Morgan fingerprint density at radius 1 is 1.26 bits per heavy atom. The second kappa shape index (κ2) is 7.06. The molecule has 2 aromatic carbocycles. The van der Waals surface area contributed by atoms with E-state index in [1.807, 2.05) is 30.3 Å². The van der Waals surface area contributed by atoms with E-state index in [4.69, 9.17) is 11.6 Å². The Bertz CT molecular complexity index is 736. The molecule has 1 aliphatic heterocycles. The molecule has 0 radical (unpaired) electrons. The molecule has 1 N–H and O–H groups in total. The number of thioether (sulfide) groups is 1. The molecule has 0 aromatic heterocycles. The van der Waals surface area contributed by atoms with Gasteiger partial charge in [0.05, 0.1) is 12.2 Å². The molecule has 0 spiro atoms. The van der Waals surface area contributed by atoms with Crippen molar-refractivity contribution in [3.05, 3.63) is 59.6 Å². The maximum atomic E-state index is 12.8. The first-order valence-corrected chi connectivity index (χ1v) is 8.52. The van der Waals surface area contributed by atoms with E-state index in [1.54, 1.807) is 40.9 Å². The van der Waals surface area contributed by atoms with Gasteiger partial charge in [-0.15, -0.1) is 0 Å². The maximum absolute atomic E-state index is 12.8. The number of rotatable bonds is 2. The molecule has 1 heterocycles. The average molecular weight is 346 g/mol. The van der Waals surface area contributed by atoms with Gasteiger partial charge < -0.3 is 5.32 Å². The van der Waals surface area contributed by atoms with Gasteiger partial charge in [0.2, 0.25) is 0 Å². The Kier molecular flexibility index (Phi) is 4.88. The number of para-hydroxylation sites is 1. The van der Waals surface area contributed by atoms with Crippen LogP contribution in [0.5, 0.6) is 0 Å². The number of nitrogens with one attached hydrogen (secondary N) is 1. The number of amidine groups is 1. The number of urea groups is 1. The zero-order valence-electron chi connectivity index (χ0n) is 12.6. The summed E-state index contributed by atoms with van der Waals surface area (Å²) in [5.41, 5.74) is 1.44. The zero-order chi connectivity index (χ0) is 16.2. The monoisotopic (exact) mass is 345 g/mol. The van der Waals surface area contributed by atoms with Crippen molar-refractivity contribution >= 4 is 45.9 Å². The normalized spacial score (nSPS) is 16.8. The molecule has 2 aromatic rings. The highest BCUT2D eigenvalue weighted by molar-refractivity contribution is 8.15. The Hall–Kier alpha value is -1.98. The zero-order valence-corrected chi connectivity index (χ0v) is 14.1. The summed E-state index contributed by atoms with van der Waals surface area (Å²) in [6.07, 6.45) is 0. The number of benzene rings is 2. The molecule has 1 atom stereocenters. The van der Waals surface area contributed by atoms with E-state index >= 15 is 0 Å². The fourth-order valence-electron chi connectivity index (χ4n) is 2.22. The van der Waals surface area contributed by atoms with Gasteiger partial charge in [0, 0.05) is 16.0 Å². The predicted molar refractivity (Wildman–Crippen MR) is 98.7 cm³/mol. The Balaban J connectivity index is 1.87. The van der Waals surface area contributed by atoms with Gasteiger partial charge in [-0.3, -0.25) is 4.99 Å².